The fourth-order valence-electron chi connectivity index (χ4n) is 2.03. The van der Waals surface area contributed by atoms with Gasteiger partial charge in [-0.15, -0.1) is 0 Å². The van der Waals surface area contributed by atoms with Gasteiger partial charge in [-0.25, -0.2) is 0 Å². The second-order valence-corrected chi connectivity index (χ2v) is 6.41. The highest BCUT2D eigenvalue weighted by Crippen LogP contribution is 2.24. The summed E-state index contributed by atoms with van der Waals surface area (Å²) < 4.78 is 1.05. The molecule has 0 fully saturated rings. The summed E-state index contributed by atoms with van der Waals surface area (Å²) in [5.74, 6) is -0.298. The number of amides is 1. The normalized spacial score (nSPS) is 10.9. The number of primary amides is 1. The molecule has 4 nitrogen and oxygen atoms in total. The summed E-state index contributed by atoms with van der Waals surface area (Å²) in [6.45, 7) is 8.32. The summed E-state index contributed by atoms with van der Waals surface area (Å²) in [6, 6.07) is 6.67. The molecule has 1 rings (SSSR count). The molecule has 0 spiro atoms. The van der Waals surface area contributed by atoms with Crippen molar-refractivity contribution in [2.24, 2.45) is 5.73 Å². The van der Waals surface area contributed by atoms with Crippen LogP contribution in [0.2, 0.25) is 0 Å². The standard InChI is InChI=1S/C16H26BrN3O/c1-4-5-8-20(11-16(18)21)14-7-6-13(15(17)9-14)10-19-12(2)3/h6-7,9,12,19H,4-5,8,10-11H2,1-3H3,(H2,18,21). The van der Waals surface area contributed by atoms with Crippen molar-refractivity contribution in [2.75, 3.05) is 18.0 Å². The summed E-state index contributed by atoms with van der Waals surface area (Å²) in [5, 5.41) is 3.40. The zero-order chi connectivity index (χ0) is 15.8. The number of hydrogen-bond acceptors (Lipinski definition) is 3. The molecule has 0 aliphatic rings. The molecule has 0 saturated heterocycles. The van der Waals surface area contributed by atoms with E-state index >= 15 is 0 Å². The van der Waals surface area contributed by atoms with Gasteiger partial charge in [0.25, 0.3) is 0 Å². The second-order valence-electron chi connectivity index (χ2n) is 5.55. The highest BCUT2D eigenvalue weighted by Gasteiger charge is 2.11. The Morgan fingerprint density at radius 2 is 2.14 bits per heavy atom. The van der Waals surface area contributed by atoms with Crippen molar-refractivity contribution < 1.29 is 4.79 Å². The number of benzene rings is 1. The van der Waals surface area contributed by atoms with E-state index in [-0.39, 0.29) is 12.5 Å². The monoisotopic (exact) mass is 355 g/mol. The van der Waals surface area contributed by atoms with E-state index in [0.717, 1.165) is 36.1 Å². The van der Waals surface area contributed by atoms with Gasteiger partial charge in [-0.1, -0.05) is 49.2 Å². The topological polar surface area (TPSA) is 58.4 Å². The molecular formula is C16H26BrN3O. The van der Waals surface area contributed by atoms with Crippen molar-refractivity contribution in [3.63, 3.8) is 0 Å². The highest BCUT2D eigenvalue weighted by molar-refractivity contribution is 9.10. The maximum Gasteiger partial charge on any atom is 0.236 e. The van der Waals surface area contributed by atoms with E-state index < -0.39 is 0 Å². The predicted molar refractivity (Wildman–Crippen MR) is 92.4 cm³/mol. The van der Waals surface area contributed by atoms with Crippen molar-refractivity contribution >= 4 is 27.5 Å². The average Bonchev–Trinajstić information content (AvgIpc) is 2.41. The Balaban J connectivity index is 2.84. The zero-order valence-corrected chi connectivity index (χ0v) is 14.7. The predicted octanol–water partition coefficient (Wildman–Crippen LogP) is 3.04. The number of rotatable bonds is 9. The lowest BCUT2D eigenvalue weighted by atomic mass is 10.1. The van der Waals surface area contributed by atoms with Crippen molar-refractivity contribution in [1.82, 2.24) is 5.32 Å². The molecule has 0 radical (unpaired) electrons. The Morgan fingerprint density at radius 3 is 2.67 bits per heavy atom. The van der Waals surface area contributed by atoms with Crippen LogP contribution < -0.4 is 16.0 Å². The number of nitrogens with one attached hydrogen (secondary N) is 1. The minimum Gasteiger partial charge on any atom is -0.368 e. The third kappa shape index (κ3) is 6.48. The van der Waals surface area contributed by atoms with E-state index in [2.05, 4.69) is 60.2 Å². The van der Waals surface area contributed by atoms with E-state index in [0.29, 0.717) is 6.04 Å². The van der Waals surface area contributed by atoms with Crippen LogP contribution in [0.3, 0.4) is 0 Å². The lowest BCUT2D eigenvalue weighted by molar-refractivity contribution is -0.116. The number of anilines is 1. The van der Waals surface area contributed by atoms with Gasteiger partial charge in [0.1, 0.15) is 0 Å². The van der Waals surface area contributed by atoms with Gasteiger partial charge in [0, 0.05) is 29.3 Å². The lowest BCUT2D eigenvalue weighted by Gasteiger charge is -2.24. The first-order chi connectivity index (χ1) is 9.93. The van der Waals surface area contributed by atoms with Crippen LogP contribution in [0.4, 0.5) is 5.69 Å². The maximum atomic E-state index is 11.2. The molecule has 1 amide bonds. The average molecular weight is 356 g/mol. The third-order valence-corrected chi connectivity index (χ3v) is 3.97. The summed E-state index contributed by atoms with van der Waals surface area (Å²) in [7, 11) is 0. The van der Waals surface area contributed by atoms with Gasteiger partial charge in [-0.2, -0.15) is 0 Å². The van der Waals surface area contributed by atoms with Crippen molar-refractivity contribution in [3.8, 4) is 0 Å². The Kier molecular flexibility index (Phi) is 7.75. The van der Waals surface area contributed by atoms with Crippen LogP contribution in [0, 0.1) is 0 Å². The Bertz CT molecular complexity index is 463. The fourth-order valence-corrected chi connectivity index (χ4v) is 2.53. The van der Waals surface area contributed by atoms with Gasteiger partial charge in [-0.05, 0) is 24.1 Å². The van der Waals surface area contributed by atoms with Gasteiger partial charge >= 0.3 is 0 Å². The van der Waals surface area contributed by atoms with Crippen LogP contribution in [0.25, 0.3) is 0 Å². The molecule has 21 heavy (non-hydrogen) atoms. The minimum atomic E-state index is -0.298. The van der Waals surface area contributed by atoms with Crippen LogP contribution in [-0.2, 0) is 11.3 Å². The molecule has 0 aromatic heterocycles. The van der Waals surface area contributed by atoms with Gasteiger partial charge in [0.05, 0.1) is 6.54 Å². The molecule has 0 atom stereocenters. The number of nitrogens with zero attached hydrogens (tertiary/aromatic N) is 1. The van der Waals surface area contributed by atoms with E-state index in [1.165, 1.54) is 5.56 Å². The SMILES string of the molecule is CCCCN(CC(N)=O)c1ccc(CNC(C)C)c(Br)c1. The van der Waals surface area contributed by atoms with Gasteiger partial charge < -0.3 is 16.0 Å². The summed E-state index contributed by atoms with van der Waals surface area (Å²) >= 11 is 3.62. The molecule has 118 valence electrons. The van der Waals surface area contributed by atoms with Crippen LogP contribution in [0.1, 0.15) is 39.2 Å². The molecule has 5 heteroatoms. The van der Waals surface area contributed by atoms with Crippen LogP contribution in [0.15, 0.2) is 22.7 Å². The molecule has 0 bridgehead atoms. The largest absolute Gasteiger partial charge is 0.368 e. The molecule has 0 saturated carbocycles. The highest BCUT2D eigenvalue weighted by atomic mass is 79.9. The molecule has 0 aliphatic carbocycles. The Labute approximate surface area is 136 Å². The third-order valence-electron chi connectivity index (χ3n) is 3.23. The van der Waals surface area contributed by atoms with Gasteiger partial charge in [-0.3, -0.25) is 4.79 Å². The zero-order valence-electron chi connectivity index (χ0n) is 13.2. The van der Waals surface area contributed by atoms with E-state index in [4.69, 9.17) is 5.73 Å². The molecular weight excluding hydrogens is 330 g/mol. The first-order valence-electron chi connectivity index (χ1n) is 7.49. The van der Waals surface area contributed by atoms with Crippen LogP contribution >= 0.6 is 15.9 Å². The molecule has 0 unspecified atom stereocenters. The number of nitrogens with two attached hydrogens (primary N) is 1. The first-order valence-corrected chi connectivity index (χ1v) is 8.28. The quantitative estimate of drug-likeness (QED) is 0.715. The molecule has 0 heterocycles. The van der Waals surface area contributed by atoms with Gasteiger partial charge in [0.15, 0.2) is 0 Å². The van der Waals surface area contributed by atoms with Crippen molar-refractivity contribution in [2.45, 2.75) is 46.2 Å². The minimum absolute atomic E-state index is 0.260. The molecule has 0 aliphatic heterocycles. The number of unbranched alkanes of at least 4 members (excludes halogenated alkanes) is 1. The molecule has 3 N–H and O–H groups in total. The van der Waals surface area contributed by atoms with E-state index in [1.54, 1.807) is 0 Å². The van der Waals surface area contributed by atoms with Crippen molar-refractivity contribution in [1.29, 1.82) is 0 Å². The number of carbonyl (C=O) groups excluding carboxylic acids is 1. The number of hydrogen-bond donors (Lipinski definition) is 2. The summed E-state index contributed by atoms with van der Waals surface area (Å²) in [6.07, 6.45) is 2.13. The fraction of sp³-hybridized carbons (Fsp3) is 0.562. The summed E-state index contributed by atoms with van der Waals surface area (Å²) in [4.78, 5) is 13.3. The number of halogens is 1. The maximum absolute atomic E-state index is 11.2. The molecule has 1 aromatic carbocycles. The van der Waals surface area contributed by atoms with E-state index in [1.807, 2.05) is 4.90 Å². The van der Waals surface area contributed by atoms with Crippen LogP contribution in [-0.4, -0.2) is 25.0 Å². The molecule has 1 aromatic rings. The Morgan fingerprint density at radius 1 is 1.43 bits per heavy atom. The van der Waals surface area contributed by atoms with E-state index in [9.17, 15) is 4.79 Å². The first kappa shape index (κ1) is 18.0. The van der Waals surface area contributed by atoms with Crippen molar-refractivity contribution in [3.05, 3.63) is 28.2 Å². The Hall–Kier alpha value is -1.07. The second kappa shape index (κ2) is 9.05. The smallest absolute Gasteiger partial charge is 0.236 e. The summed E-state index contributed by atoms with van der Waals surface area (Å²) in [5.41, 5.74) is 7.59. The number of carbonyl (C=O) groups is 1. The van der Waals surface area contributed by atoms with Crippen LogP contribution in [0.5, 0.6) is 0 Å². The lowest BCUT2D eigenvalue weighted by Crippen LogP contribution is -2.34. The van der Waals surface area contributed by atoms with Gasteiger partial charge in [0.2, 0.25) is 5.91 Å².